The van der Waals surface area contributed by atoms with Gasteiger partial charge in [0, 0.05) is 29.9 Å². The molecule has 0 aromatic heterocycles. The molecule has 0 saturated carbocycles. The van der Waals surface area contributed by atoms with Crippen molar-refractivity contribution >= 4 is 33.8 Å². The van der Waals surface area contributed by atoms with E-state index >= 15 is 0 Å². The van der Waals surface area contributed by atoms with Crippen molar-refractivity contribution < 1.29 is 14.7 Å². The smallest absolute Gasteiger partial charge is 0.192 e. The highest BCUT2D eigenvalue weighted by Crippen LogP contribution is 2.26. The summed E-state index contributed by atoms with van der Waals surface area (Å²) < 4.78 is 0. The molecule has 0 heterocycles. The molecule has 2 atom stereocenters. The molecular weight excluding hydrogens is 679 g/mol. The van der Waals surface area contributed by atoms with Crippen molar-refractivity contribution in [1.29, 1.82) is 0 Å². The molecule has 0 spiro atoms. The largest absolute Gasteiger partial charge is 0.396 e. The zero-order valence-electron chi connectivity index (χ0n) is 35.6. The van der Waals surface area contributed by atoms with E-state index in [9.17, 15) is 14.7 Å². The van der Waals surface area contributed by atoms with E-state index in [0.717, 1.165) is 56.6 Å². The van der Waals surface area contributed by atoms with E-state index in [0.29, 0.717) is 16.8 Å². The number of aliphatic hydroxyl groups excluding tert-OH is 1. The molecule has 0 saturated heterocycles. The molecule has 2 unspecified atom stereocenters. The minimum absolute atomic E-state index is 0.289. The SMILES string of the molecule is CCCCCCCC(CCCCC)C(=O)SCCCCCCCN(CCCCO)CCCCCCCSC(=O)C(CCCCC)CCCCCCC. The second kappa shape index (κ2) is 42.1. The normalized spacial score (nSPS) is 12.9. The molecule has 6 heteroatoms. The monoisotopic (exact) mass is 770 g/mol. The Hall–Kier alpha value is -0.0400. The van der Waals surface area contributed by atoms with Gasteiger partial charge in [-0.2, -0.15) is 0 Å². The Morgan fingerprint density at radius 2 is 0.692 bits per heavy atom. The summed E-state index contributed by atoms with van der Waals surface area (Å²) in [6.07, 6.45) is 39.1. The molecule has 310 valence electrons. The van der Waals surface area contributed by atoms with E-state index in [1.54, 1.807) is 23.5 Å². The van der Waals surface area contributed by atoms with Crippen LogP contribution in [0.4, 0.5) is 0 Å². The van der Waals surface area contributed by atoms with Crippen molar-refractivity contribution in [3.05, 3.63) is 0 Å². The van der Waals surface area contributed by atoms with Crippen LogP contribution in [0, 0.1) is 11.8 Å². The maximum Gasteiger partial charge on any atom is 0.192 e. The van der Waals surface area contributed by atoms with E-state index in [1.807, 2.05) is 0 Å². The lowest BCUT2D eigenvalue weighted by Crippen LogP contribution is -2.27. The molecule has 0 fully saturated rings. The second-order valence-electron chi connectivity index (χ2n) is 15.9. The number of thioether (sulfide) groups is 2. The van der Waals surface area contributed by atoms with Gasteiger partial charge in [-0.25, -0.2) is 0 Å². The number of rotatable bonds is 42. The Labute approximate surface area is 334 Å². The van der Waals surface area contributed by atoms with E-state index < -0.39 is 0 Å². The number of carbonyl (C=O) groups is 2. The summed E-state index contributed by atoms with van der Waals surface area (Å²) in [5.41, 5.74) is 0. The molecule has 1 N–H and O–H groups in total. The fourth-order valence-electron chi connectivity index (χ4n) is 7.33. The molecule has 52 heavy (non-hydrogen) atoms. The predicted molar refractivity (Wildman–Crippen MR) is 236 cm³/mol. The van der Waals surface area contributed by atoms with Gasteiger partial charge in [-0.3, -0.25) is 9.59 Å². The predicted octanol–water partition coefficient (Wildman–Crippen LogP) is 14.6. The molecule has 0 aromatic rings. The first-order chi connectivity index (χ1) is 25.5. The van der Waals surface area contributed by atoms with Crippen LogP contribution in [-0.4, -0.2) is 58.0 Å². The number of hydrogen-bond donors (Lipinski definition) is 1. The summed E-state index contributed by atoms with van der Waals surface area (Å²) >= 11 is 3.27. The van der Waals surface area contributed by atoms with Crippen LogP contribution in [-0.2, 0) is 9.59 Å². The highest BCUT2D eigenvalue weighted by atomic mass is 32.2. The summed E-state index contributed by atoms with van der Waals surface area (Å²) in [4.78, 5) is 28.7. The highest BCUT2D eigenvalue weighted by Gasteiger charge is 2.19. The highest BCUT2D eigenvalue weighted by molar-refractivity contribution is 8.13. The molecule has 0 aliphatic rings. The van der Waals surface area contributed by atoms with Crippen molar-refractivity contribution in [1.82, 2.24) is 4.90 Å². The maximum absolute atomic E-state index is 13.0. The van der Waals surface area contributed by atoms with Crippen LogP contribution in [0.5, 0.6) is 0 Å². The van der Waals surface area contributed by atoms with Crippen LogP contribution in [0.1, 0.15) is 233 Å². The van der Waals surface area contributed by atoms with Crippen LogP contribution in [0.3, 0.4) is 0 Å². The third-order valence-electron chi connectivity index (χ3n) is 10.9. The van der Waals surface area contributed by atoms with Gasteiger partial charge < -0.3 is 10.0 Å². The van der Waals surface area contributed by atoms with Crippen LogP contribution in [0.25, 0.3) is 0 Å². The van der Waals surface area contributed by atoms with Crippen molar-refractivity contribution in [3.63, 3.8) is 0 Å². The average Bonchev–Trinajstić information content (AvgIpc) is 3.14. The summed E-state index contributed by atoms with van der Waals surface area (Å²) in [7, 11) is 0. The molecule has 0 bridgehead atoms. The lowest BCUT2D eigenvalue weighted by Gasteiger charge is -2.22. The molecule has 4 nitrogen and oxygen atoms in total. The van der Waals surface area contributed by atoms with E-state index in [1.165, 1.54) is 180 Å². The quantitative estimate of drug-likeness (QED) is 0.0624. The fourth-order valence-corrected chi connectivity index (χ4v) is 9.37. The summed E-state index contributed by atoms with van der Waals surface area (Å²) in [5.74, 6) is 2.58. The first-order valence-corrected chi connectivity index (χ1v) is 25.2. The van der Waals surface area contributed by atoms with Gasteiger partial charge in [0.15, 0.2) is 10.2 Å². The lowest BCUT2D eigenvalue weighted by atomic mass is 9.96. The van der Waals surface area contributed by atoms with Crippen molar-refractivity contribution in [2.45, 2.75) is 233 Å². The van der Waals surface area contributed by atoms with E-state index in [2.05, 4.69) is 32.6 Å². The van der Waals surface area contributed by atoms with Gasteiger partial charge in [0.1, 0.15) is 0 Å². The van der Waals surface area contributed by atoms with Crippen LogP contribution >= 0.6 is 23.5 Å². The third kappa shape index (κ3) is 34.5. The summed E-state index contributed by atoms with van der Waals surface area (Å²) in [5, 5.41) is 10.3. The Kier molecular flexibility index (Phi) is 42.1. The van der Waals surface area contributed by atoms with Crippen molar-refractivity contribution in [2.75, 3.05) is 37.7 Å². The van der Waals surface area contributed by atoms with E-state index in [4.69, 9.17) is 0 Å². The Bertz CT molecular complexity index is 695. The number of aliphatic hydroxyl groups is 1. The summed E-state index contributed by atoms with van der Waals surface area (Å²) in [6.45, 7) is 12.8. The average molecular weight is 770 g/mol. The van der Waals surface area contributed by atoms with Gasteiger partial charge in [-0.05, 0) is 83.8 Å². The molecule has 0 amide bonds. The zero-order chi connectivity index (χ0) is 38.2. The van der Waals surface area contributed by atoms with Crippen LogP contribution < -0.4 is 0 Å². The lowest BCUT2D eigenvalue weighted by molar-refractivity contribution is -0.115. The maximum atomic E-state index is 13.0. The minimum atomic E-state index is 0.289. The van der Waals surface area contributed by atoms with Crippen LogP contribution in [0.2, 0.25) is 0 Å². The molecule has 0 aliphatic heterocycles. The van der Waals surface area contributed by atoms with Crippen LogP contribution in [0.15, 0.2) is 0 Å². The minimum Gasteiger partial charge on any atom is -0.396 e. The Morgan fingerprint density at radius 3 is 1.08 bits per heavy atom. The molecule has 0 aromatic carbocycles. The Morgan fingerprint density at radius 1 is 0.404 bits per heavy atom. The van der Waals surface area contributed by atoms with Gasteiger partial charge in [0.2, 0.25) is 0 Å². The Balaban J connectivity index is 4.20. The van der Waals surface area contributed by atoms with Crippen molar-refractivity contribution in [2.24, 2.45) is 11.8 Å². The molecule has 0 rings (SSSR count). The number of carbonyl (C=O) groups excluding carboxylic acids is 2. The van der Waals surface area contributed by atoms with Gasteiger partial charge in [0.05, 0.1) is 0 Å². The van der Waals surface area contributed by atoms with Gasteiger partial charge in [0.25, 0.3) is 0 Å². The van der Waals surface area contributed by atoms with Gasteiger partial charge in [-0.15, -0.1) is 0 Å². The molecule has 0 radical (unpaired) electrons. The second-order valence-corrected chi connectivity index (χ2v) is 18.1. The number of nitrogens with zero attached hydrogens (tertiary/aromatic N) is 1. The topological polar surface area (TPSA) is 57.6 Å². The van der Waals surface area contributed by atoms with Crippen molar-refractivity contribution in [3.8, 4) is 0 Å². The molecular formula is C46H91NO3S2. The first-order valence-electron chi connectivity index (χ1n) is 23.2. The third-order valence-corrected chi connectivity index (χ3v) is 13.1. The summed E-state index contributed by atoms with van der Waals surface area (Å²) in [6, 6.07) is 0. The standard InChI is InChI=1S/C46H91NO3S2/c1-5-9-13-17-25-35-43(33-23-11-7-3)45(49)51-41-31-21-15-19-27-37-47(39-29-30-40-48)38-28-20-16-22-32-42-52-46(50)44(34-24-12-8-4)36-26-18-14-10-6-2/h43-44,48H,5-42H2,1-4H3. The van der Waals surface area contributed by atoms with Gasteiger partial charge in [-0.1, -0.05) is 192 Å². The fraction of sp³-hybridized carbons (Fsp3) is 0.957. The molecule has 0 aliphatic carbocycles. The van der Waals surface area contributed by atoms with Gasteiger partial charge >= 0.3 is 0 Å². The number of hydrogen-bond acceptors (Lipinski definition) is 6. The zero-order valence-corrected chi connectivity index (χ0v) is 37.2. The van der Waals surface area contributed by atoms with E-state index in [-0.39, 0.29) is 11.8 Å². The number of unbranched alkanes of at least 4 members (excludes halogenated alkanes) is 21. The first kappa shape index (κ1) is 52.0.